The molecule has 0 aliphatic carbocycles. The summed E-state index contributed by atoms with van der Waals surface area (Å²) in [5.74, 6) is 0. The number of fused-ring (bicyclic) bond motifs is 1. The maximum absolute atomic E-state index is 5.79. The normalized spacial score (nSPS) is 10.8. The predicted octanol–water partition coefficient (Wildman–Crippen LogP) is 1.73. The zero-order chi connectivity index (χ0) is 13.2. The lowest BCUT2D eigenvalue weighted by molar-refractivity contribution is 0.373. The second-order valence-corrected chi connectivity index (χ2v) is 4.66. The van der Waals surface area contributed by atoms with Crippen LogP contribution in [0, 0.1) is 0 Å². The Kier molecular flexibility index (Phi) is 3.18. The maximum atomic E-state index is 5.79. The molecule has 19 heavy (non-hydrogen) atoms. The number of hydrogen-bond donors (Lipinski definition) is 0. The van der Waals surface area contributed by atoms with E-state index >= 15 is 0 Å². The molecule has 3 aromatic rings. The van der Waals surface area contributed by atoms with Crippen molar-refractivity contribution in [3.63, 3.8) is 0 Å². The first kappa shape index (κ1) is 12.1. The van der Waals surface area contributed by atoms with Crippen molar-refractivity contribution >= 4 is 29.0 Å². The van der Waals surface area contributed by atoms with Crippen molar-refractivity contribution in [1.29, 1.82) is 0 Å². The van der Waals surface area contributed by atoms with Crippen LogP contribution in [0.5, 0.6) is 6.01 Å². The molecule has 3 aromatic heterocycles. The molecule has 7 nitrogen and oxygen atoms in total. The number of ether oxygens (including phenoxy) is 1. The Bertz CT molecular complexity index is 733. The SMILES string of the molecule is COc1nc(Cl)nc(Sc2nnc3ccccn23)n1. The van der Waals surface area contributed by atoms with Crippen LogP contribution in [0.1, 0.15) is 0 Å². The van der Waals surface area contributed by atoms with Crippen molar-refractivity contribution in [2.24, 2.45) is 0 Å². The third-order valence-electron chi connectivity index (χ3n) is 2.21. The summed E-state index contributed by atoms with van der Waals surface area (Å²) in [6, 6.07) is 5.80. The summed E-state index contributed by atoms with van der Waals surface area (Å²) in [4.78, 5) is 11.9. The minimum atomic E-state index is 0.0724. The van der Waals surface area contributed by atoms with Crippen molar-refractivity contribution in [3.8, 4) is 6.01 Å². The van der Waals surface area contributed by atoms with Gasteiger partial charge in [0.05, 0.1) is 7.11 Å². The lowest BCUT2D eigenvalue weighted by atomic mass is 10.5. The molecule has 0 N–H and O–H groups in total. The number of halogens is 1. The number of methoxy groups -OCH3 is 1. The van der Waals surface area contributed by atoms with E-state index in [9.17, 15) is 0 Å². The number of rotatable bonds is 3. The molecule has 0 radical (unpaired) electrons. The summed E-state index contributed by atoms with van der Waals surface area (Å²) in [5, 5.41) is 9.21. The summed E-state index contributed by atoms with van der Waals surface area (Å²) in [7, 11) is 1.46. The van der Waals surface area contributed by atoms with Crippen LogP contribution in [0.3, 0.4) is 0 Å². The van der Waals surface area contributed by atoms with Gasteiger partial charge >= 0.3 is 6.01 Å². The van der Waals surface area contributed by atoms with Gasteiger partial charge in [0.15, 0.2) is 5.65 Å². The molecule has 0 saturated carbocycles. The zero-order valence-corrected chi connectivity index (χ0v) is 11.3. The third kappa shape index (κ3) is 2.45. The van der Waals surface area contributed by atoms with Gasteiger partial charge < -0.3 is 4.74 Å². The maximum Gasteiger partial charge on any atom is 0.321 e. The molecular weight excluding hydrogens is 288 g/mol. The van der Waals surface area contributed by atoms with Crippen molar-refractivity contribution in [2.45, 2.75) is 10.3 Å². The lowest BCUT2D eigenvalue weighted by Gasteiger charge is -2.01. The molecule has 0 fully saturated rings. The van der Waals surface area contributed by atoms with Crippen molar-refractivity contribution in [3.05, 3.63) is 29.7 Å². The van der Waals surface area contributed by atoms with Crippen LogP contribution in [-0.4, -0.2) is 36.7 Å². The second kappa shape index (κ2) is 4.98. The Labute approximate surface area is 117 Å². The number of pyridine rings is 1. The summed E-state index contributed by atoms with van der Waals surface area (Å²) in [6.45, 7) is 0. The van der Waals surface area contributed by atoms with Gasteiger partial charge in [-0.2, -0.15) is 15.0 Å². The fourth-order valence-corrected chi connectivity index (χ4v) is 2.38. The summed E-state index contributed by atoms with van der Waals surface area (Å²) >= 11 is 7.02. The molecule has 0 aliphatic rings. The van der Waals surface area contributed by atoms with Gasteiger partial charge in [0, 0.05) is 6.20 Å². The van der Waals surface area contributed by atoms with E-state index in [0.29, 0.717) is 10.3 Å². The first-order valence-corrected chi connectivity index (χ1v) is 6.39. The van der Waals surface area contributed by atoms with Crippen molar-refractivity contribution in [2.75, 3.05) is 7.11 Å². The van der Waals surface area contributed by atoms with E-state index in [2.05, 4.69) is 25.1 Å². The molecular formula is C10H7ClN6OS. The first-order chi connectivity index (χ1) is 9.26. The van der Waals surface area contributed by atoms with Gasteiger partial charge in [-0.1, -0.05) is 6.07 Å². The molecule has 9 heteroatoms. The van der Waals surface area contributed by atoms with Gasteiger partial charge in [0.2, 0.25) is 15.6 Å². The highest BCUT2D eigenvalue weighted by Gasteiger charge is 2.11. The van der Waals surface area contributed by atoms with E-state index in [1.807, 2.05) is 28.8 Å². The highest BCUT2D eigenvalue weighted by molar-refractivity contribution is 7.99. The monoisotopic (exact) mass is 294 g/mol. The summed E-state index contributed by atoms with van der Waals surface area (Å²) in [5.41, 5.74) is 0.747. The van der Waals surface area contributed by atoms with Crippen LogP contribution in [0.4, 0.5) is 0 Å². The molecule has 0 aromatic carbocycles. The lowest BCUT2D eigenvalue weighted by Crippen LogP contribution is -1.97. The molecule has 0 unspecified atom stereocenters. The molecule has 0 aliphatic heterocycles. The van der Waals surface area contributed by atoms with Gasteiger partial charge in [-0.15, -0.1) is 10.2 Å². The minimum absolute atomic E-state index is 0.0724. The van der Waals surface area contributed by atoms with Crippen molar-refractivity contribution in [1.82, 2.24) is 29.5 Å². The quantitative estimate of drug-likeness (QED) is 0.728. The largest absolute Gasteiger partial charge is 0.467 e. The van der Waals surface area contributed by atoms with E-state index in [0.717, 1.165) is 5.65 Å². The molecule has 0 saturated heterocycles. The van der Waals surface area contributed by atoms with Gasteiger partial charge in [0.25, 0.3) is 0 Å². The van der Waals surface area contributed by atoms with Crippen LogP contribution in [0.15, 0.2) is 34.7 Å². The fraction of sp³-hybridized carbons (Fsp3) is 0.100. The Morgan fingerprint density at radius 3 is 2.95 bits per heavy atom. The Balaban J connectivity index is 1.99. The summed E-state index contributed by atoms with van der Waals surface area (Å²) < 4.78 is 6.77. The molecule has 0 bridgehead atoms. The van der Waals surface area contributed by atoms with Crippen LogP contribution in [0.25, 0.3) is 5.65 Å². The third-order valence-corrected chi connectivity index (χ3v) is 3.21. The van der Waals surface area contributed by atoms with E-state index in [4.69, 9.17) is 16.3 Å². The van der Waals surface area contributed by atoms with E-state index in [1.165, 1.54) is 18.9 Å². The number of hydrogen-bond acceptors (Lipinski definition) is 7. The van der Waals surface area contributed by atoms with E-state index in [1.54, 1.807) is 0 Å². The fourth-order valence-electron chi connectivity index (χ4n) is 1.42. The Morgan fingerprint density at radius 2 is 2.11 bits per heavy atom. The average Bonchev–Trinajstić information content (AvgIpc) is 2.82. The van der Waals surface area contributed by atoms with Crippen LogP contribution >= 0.6 is 23.4 Å². The molecule has 0 amide bonds. The minimum Gasteiger partial charge on any atom is -0.467 e. The van der Waals surface area contributed by atoms with E-state index in [-0.39, 0.29) is 11.3 Å². The first-order valence-electron chi connectivity index (χ1n) is 5.19. The van der Waals surface area contributed by atoms with Gasteiger partial charge in [-0.05, 0) is 35.5 Å². The highest BCUT2D eigenvalue weighted by atomic mass is 35.5. The molecule has 3 rings (SSSR count). The zero-order valence-electron chi connectivity index (χ0n) is 9.69. The molecule has 3 heterocycles. The van der Waals surface area contributed by atoms with E-state index < -0.39 is 0 Å². The number of nitrogens with zero attached hydrogens (tertiary/aromatic N) is 6. The highest BCUT2D eigenvalue weighted by Crippen LogP contribution is 2.25. The topological polar surface area (TPSA) is 78.1 Å². The number of aromatic nitrogens is 6. The smallest absolute Gasteiger partial charge is 0.321 e. The van der Waals surface area contributed by atoms with Gasteiger partial charge in [-0.25, -0.2) is 0 Å². The Hall–Kier alpha value is -1.93. The van der Waals surface area contributed by atoms with Crippen LogP contribution < -0.4 is 4.74 Å². The molecule has 96 valence electrons. The van der Waals surface area contributed by atoms with Crippen LogP contribution in [-0.2, 0) is 0 Å². The van der Waals surface area contributed by atoms with Crippen molar-refractivity contribution < 1.29 is 4.74 Å². The van der Waals surface area contributed by atoms with Crippen LogP contribution in [0.2, 0.25) is 5.28 Å². The van der Waals surface area contributed by atoms with Gasteiger partial charge in [-0.3, -0.25) is 4.40 Å². The summed E-state index contributed by atoms with van der Waals surface area (Å²) in [6.07, 6.45) is 1.86. The second-order valence-electron chi connectivity index (χ2n) is 3.39. The molecule has 0 atom stereocenters. The average molecular weight is 295 g/mol. The standard InChI is InChI=1S/C10H7ClN6OS/c1-18-8-12-7(11)13-9(14-8)19-10-16-15-6-4-2-3-5-17(6)10/h2-5H,1H3. The predicted molar refractivity (Wildman–Crippen MR) is 68.5 cm³/mol. The Morgan fingerprint density at radius 1 is 1.21 bits per heavy atom. The molecule has 0 spiro atoms. The van der Waals surface area contributed by atoms with Gasteiger partial charge in [0.1, 0.15) is 0 Å².